The van der Waals surface area contributed by atoms with Crippen LogP contribution < -0.4 is 0 Å². The summed E-state index contributed by atoms with van der Waals surface area (Å²) in [4.78, 5) is 0. The lowest BCUT2D eigenvalue weighted by molar-refractivity contribution is 0.207. The van der Waals surface area contributed by atoms with E-state index in [4.69, 9.17) is 5.11 Å². The van der Waals surface area contributed by atoms with E-state index in [1.54, 1.807) is 6.07 Å². The SMILES string of the molecule is CO.OCC1Cc2cc(O)c(O)cc2C(c2ccc(O)c(O)c2)C1. The molecule has 0 aromatic heterocycles. The quantitative estimate of drug-likeness (QED) is 0.466. The first-order chi connectivity index (χ1) is 11.5. The van der Waals surface area contributed by atoms with Crippen molar-refractivity contribution in [3.8, 4) is 23.0 Å². The number of aromatic hydroxyl groups is 4. The number of fused-ring (bicyclic) bond motifs is 1. The summed E-state index contributed by atoms with van der Waals surface area (Å²) in [6, 6.07) is 7.69. The molecule has 0 amide bonds. The van der Waals surface area contributed by atoms with Crippen LogP contribution in [0.1, 0.15) is 29.0 Å². The second-order valence-corrected chi connectivity index (χ2v) is 5.83. The van der Waals surface area contributed by atoms with Crippen molar-refractivity contribution in [2.45, 2.75) is 18.8 Å². The average molecular weight is 334 g/mol. The van der Waals surface area contributed by atoms with Crippen LogP contribution in [0.2, 0.25) is 0 Å². The molecule has 0 saturated carbocycles. The van der Waals surface area contributed by atoms with Gasteiger partial charge in [-0.15, -0.1) is 0 Å². The Bertz CT molecular complexity index is 713. The normalized spacial score (nSPS) is 19.1. The van der Waals surface area contributed by atoms with Crippen LogP contribution in [0.25, 0.3) is 0 Å². The lowest BCUT2D eigenvalue weighted by Gasteiger charge is -2.31. The largest absolute Gasteiger partial charge is 0.504 e. The number of benzene rings is 2. The van der Waals surface area contributed by atoms with Gasteiger partial charge in [-0.3, -0.25) is 0 Å². The fraction of sp³-hybridized carbons (Fsp3) is 0.333. The third kappa shape index (κ3) is 3.39. The first-order valence-electron chi connectivity index (χ1n) is 7.61. The summed E-state index contributed by atoms with van der Waals surface area (Å²) in [6.07, 6.45) is 1.29. The summed E-state index contributed by atoms with van der Waals surface area (Å²) >= 11 is 0. The third-order valence-electron chi connectivity index (χ3n) is 4.35. The molecule has 1 aliphatic carbocycles. The summed E-state index contributed by atoms with van der Waals surface area (Å²) in [5.74, 6) is -0.838. The number of aliphatic hydroxyl groups excluding tert-OH is 2. The maximum absolute atomic E-state index is 9.77. The number of aliphatic hydroxyl groups is 2. The lowest BCUT2D eigenvalue weighted by Crippen LogP contribution is -2.22. The first kappa shape index (κ1) is 17.9. The molecule has 0 radical (unpaired) electrons. The molecule has 2 atom stereocenters. The summed E-state index contributed by atoms with van der Waals surface area (Å²) in [7, 11) is 1.00. The minimum atomic E-state index is -0.201. The zero-order valence-corrected chi connectivity index (χ0v) is 13.3. The highest BCUT2D eigenvalue weighted by Gasteiger charge is 2.29. The monoisotopic (exact) mass is 334 g/mol. The Morgan fingerprint density at radius 2 is 1.50 bits per heavy atom. The molecule has 24 heavy (non-hydrogen) atoms. The summed E-state index contributed by atoms with van der Waals surface area (Å²) in [5.41, 5.74) is 2.53. The van der Waals surface area contributed by atoms with E-state index in [0.717, 1.165) is 23.8 Å². The summed E-state index contributed by atoms with van der Waals surface area (Å²) < 4.78 is 0. The Hall–Kier alpha value is -2.44. The molecule has 0 heterocycles. The minimum Gasteiger partial charge on any atom is -0.504 e. The van der Waals surface area contributed by atoms with Gasteiger partial charge in [0.1, 0.15) is 0 Å². The lowest BCUT2D eigenvalue weighted by atomic mass is 9.74. The molecule has 130 valence electrons. The highest BCUT2D eigenvalue weighted by Crippen LogP contribution is 2.44. The zero-order chi connectivity index (χ0) is 17.9. The van der Waals surface area contributed by atoms with Gasteiger partial charge in [-0.2, -0.15) is 0 Å². The van der Waals surface area contributed by atoms with Crippen LogP contribution in [0, 0.1) is 5.92 Å². The molecule has 6 nitrogen and oxygen atoms in total. The molecule has 0 fully saturated rings. The summed E-state index contributed by atoms with van der Waals surface area (Å²) in [6.45, 7) is 0.0294. The molecule has 6 heteroatoms. The molecule has 0 spiro atoms. The van der Waals surface area contributed by atoms with Crippen molar-refractivity contribution in [3.05, 3.63) is 47.0 Å². The van der Waals surface area contributed by atoms with Gasteiger partial charge in [0.15, 0.2) is 23.0 Å². The number of phenols is 4. The smallest absolute Gasteiger partial charge is 0.157 e. The highest BCUT2D eigenvalue weighted by atomic mass is 16.3. The van der Waals surface area contributed by atoms with Crippen molar-refractivity contribution < 1.29 is 30.6 Å². The Labute approximate surface area is 139 Å². The van der Waals surface area contributed by atoms with Gasteiger partial charge >= 0.3 is 0 Å². The van der Waals surface area contributed by atoms with Crippen LogP contribution in [0.15, 0.2) is 30.3 Å². The minimum absolute atomic E-state index is 0.0294. The van der Waals surface area contributed by atoms with Crippen molar-refractivity contribution in [1.29, 1.82) is 0 Å². The van der Waals surface area contributed by atoms with Crippen LogP contribution in [0.3, 0.4) is 0 Å². The Morgan fingerprint density at radius 3 is 2.12 bits per heavy atom. The van der Waals surface area contributed by atoms with Gasteiger partial charge in [-0.25, -0.2) is 0 Å². The molecule has 2 aromatic carbocycles. The maximum atomic E-state index is 9.77. The Morgan fingerprint density at radius 1 is 0.875 bits per heavy atom. The van der Waals surface area contributed by atoms with E-state index in [1.807, 2.05) is 0 Å². The third-order valence-corrected chi connectivity index (χ3v) is 4.35. The molecular formula is C18H22O6. The van der Waals surface area contributed by atoms with Crippen molar-refractivity contribution >= 4 is 0 Å². The van der Waals surface area contributed by atoms with E-state index >= 15 is 0 Å². The van der Waals surface area contributed by atoms with Crippen molar-refractivity contribution in [2.75, 3.05) is 13.7 Å². The van der Waals surface area contributed by atoms with Gasteiger partial charge in [0.25, 0.3) is 0 Å². The van der Waals surface area contributed by atoms with Gasteiger partial charge in [0, 0.05) is 19.6 Å². The van der Waals surface area contributed by atoms with Crippen LogP contribution >= 0.6 is 0 Å². The predicted molar refractivity (Wildman–Crippen MR) is 88.4 cm³/mol. The van der Waals surface area contributed by atoms with Gasteiger partial charge in [-0.05, 0) is 59.7 Å². The van der Waals surface area contributed by atoms with E-state index in [0.29, 0.717) is 12.8 Å². The van der Waals surface area contributed by atoms with E-state index in [-0.39, 0.29) is 41.4 Å². The van der Waals surface area contributed by atoms with E-state index in [2.05, 4.69) is 0 Å². The molecular weight excluding hydrogens is 312 g/mol. The van der Waals surface area contributed by atoms with E-state index in [9.17, 15) is 25.5 Å². The van der Waals surface area contributed by atoms with Crippen LogP contribution in [0.5, 0.6) is 23.0 Å². The molecule has 0 saturated heterocycles. The molecule has 2 unspecified atom stereocenters. The van der Waals surface area contributed by atoms with Crippen LogP contribution in [0.4, 0.5) is 0 Å². The molecule has 0 aliphatic heterocycles. The van der Waals surface area contributed by atoms with Crippen molar-refractivity contribution in [3.63, 3.8) is 0 Å². The van der Waals surface area contributed by atoms with Gasteiger partial charge in [0.05, 0.1) is 0 Å². The van der Waals surface area contributed by atoms with Crippen molar-refractivity contribution in [1.82, 2.24) is 0 Å². The maximum Gasteiger partial charge on any atom is 0.157 e. The summed E-state index contributed by atoms with van der Waals surface area (Å²) in [5, 5.41) is 55.1. The Kier molecular flexibility index (Phi) is 5.54. The average Bonchev–Trinajstić information content (AvgIpc) is 2.59. The number of rotatable bonds is 2. The van der Waals surface area contributed by atoms with Crippen LogP contribution in [-0.2, 0) is 6.42 Å². The van der Waals surface area contributed by atoms with Gasteiger partial charge < -0.3 is 30.6 Å². The van der Waals surface area contributed by atoms with Crippen LogP contribution in [-0.4, -0.2) is 44.4 Å². The topological polar surface area (TPSA) is 121 Å². The molecule has 6 N–H and O–H groups in total. The number of hydrogen-bond donors (Lipinski definition) is 6. The zero-order valence-electron chi connectivity index (χ0n) is 13.3. The highest BCUT2D eigenvalue weighted by molar-refractivity contribution is 5.52. The fourth-order valence-corrected chi connectivity index (χ4v) is 3.20. The molecule has 0 bridgehead atoms. The first-order valence-corrected chi connectivity index (χ1v) is 7.61. The number of phenolic OH excluding ortho intramolecular Hbond substituents is 4. The molecule has 3 rings (SSSR count). The fourth-order valence-electron chi connectivity index (χ4n) is 3.20. The Balaban J connectivity index is 0.00000100. The number of hydrogen-bond acceptors (Lipinski definition) is 6. The predicted octanol–water partition coefficient (Wildman–Crippen LogP) is 1.80. The van der Waals surface area contributed by atoms with Gasteiger partial charge in [-0.1, -0.05) is 6.07 Å². The van der Waals surface area contributed by atoms with Gasteiger partial charge in [0.2, 0.25) is 0 Å². The molecule has 1 aliphatic rings. The molecule has 2 aromatic rings. The van der Waals surface area contributed by atoms with E-state index < -0.39 is 0 Å². The van der Waals surface area contributed by atoms with Crippen molar-refractivity contribution in [2.24, 2.45) is 5.92 Å². The second kappa shape index (κ2) is 7.42. The van der Waals surface area contributed by atoms with E-state index in [1.165, 1.54) is 24.3 Å². The standard InChI is InChI=1S/C17H18O5.CH4O/c18-8-9-3-11-6-16(21)17(22)7-13(11)12(4-9)10-1-2-14(19)15(20)5-10;1-2/h1-2,5-7,9,12,18-22H,3-4,8H2;2H,1H3. The second-order valence-electron chi connectivity index (χ2n) is 5.83.